The Balaban J connectivity index is 1.29. The Bertz CT molecular complexity index is 994. The maximum Gasteiger partial charge on any atom is 0.136 e. The van der Waals surface area contributed by atoms with Gasteiger partial charge in [-0.15, -0.1) is 0 Å². The molecule has 3 heteroatoms. The highest BCUT2D eigenvalue weighted by molar-refractivity contribution is 5.73. The second-order valence-corrected chi connectivity index (χ2v) is 8.95. The van der Waals surface area contributed by atoms with E-state index in [2.05, 4.69) is 90.8 Å². The number of hydrogen-bond donors (Lipinski definition) is 0. The van der Waals surface area contributed by atoms with Gasteiger partial charge in [0.15, 0.2) is 0 Å². The Morgan fingerprint density at radius 2 is 1.53 bits per heavy atom. The fourth-order valence-corrected chi connectivity index (χ4v) is 5.03. The molecule has 1 aliphatic carbocycles. The second-order valence-electron chi connectivity index (χ2n) is 8.95. The largest absolute Gasteiger partial charge is 0.496 e. The molecular weight excluding hydrogens is 368 g/mol. The van der Waals surface area contributed by atoms with E-state index in [9.17, 15) is 0 Å². The summed E-state index contributed by atoms with van der Waals surface area (Å²) in [6, 6.07) is 29.0. The fourth-order valence-electron chi connectivity index (χ4n) is 5.03. The van der Waals surface area contributed by atoms with Gasteiger partial charge < -0.3 is 4.74 Å². The molecule has 3 nitrogen and oxygen atoms in total. The molecule has 2 fully saturated rings. The minimum absolute atomic E-state index is 0.730. The van der Waals surface area contributed by atoms with E-state index >= 15 is 0 Å². The Labute approximate surface area is 180 Å². The number of benzene rings is 3. The Hall–Kier alpha value is -2.62. The van der Waals surface area contributed by atoms with E-state index in [1.165, 1.54) is 23.2 Å². The standard InChI is InChI=1S/C27H31N2O/c1-29(23-13-14-24(27(19-23)30-2)21-9-5-3-6-10-21)17-15-28(16-18-29)26-20-25(26)22-11-7-4-8-12-22/h3-14,19,25-26H,15-18,20H2,1-2H3/q+1/t25-,26+/m0/s1. The highest BCUT2D eigenvalue weighted by atomic mass is 16.5. The monoisotopic (exact) mass is 399 g/mol. The zero-order valence-corrected chi connectivity index (χ0v) is 18.0. The lowest BCUT2D eigenvalue weighted by atomic mass is 10.0. The molecule has 0 radical (unpaired) electrons. The number of rotatable bonds is 5. The summed E-state index contributed by atoms with van der Waals surface area (Å²) in [5, 5.41) is 0. The third-order valence-corrected chi connectivity index (χ3v) is 7.11. The quantitative estimate of drug-likeness (QED) is 0.549. The topological polar surface area (TPSA) is 12.5 Å². The number of piperazine rings is 1. The van der Waals surface area contributed by atoms with E-state index in [1.807, 2.05) is 0 Å². The highest BCUT2D eigenvalue weighted by Crippen LogP contribution is 2.45. The average molecular weight is 400 g/mol. The number of ether oxygens (including phenoxy) is 1. The number of methoxy groups -OCH3 is 1. The smallest absolute Gasteiger partial charge is 0.136 e. The third-order valence-electron chi connectivity index (χ3n) is 7.11. The van der Waals surface area contributed by atoms with Crippen LogP contribution in [0.2, 0.25) is 0 Å². The summed E-state index contributed by atoms with van der Waals surface area (Å²) in [5.74, 6) is 1.69. The summed E-state index contributed by atoms with van der Waals surface area (Å²) < 4.78 is 6.77. The van der Waals surface area contributed by atoms with Crippen LogP contribution in [0, 0.1) is 0 Å². The molecule has 0 unspecified atom stereocenters. The lowest BCUT2D eigenvalue weighted by molar-refractivity contribution is 0.147. The molecule has 0 amide bonds. The van der Waals surface area contributed by atoms with Gasteiger partial charge in [0.1, 0.15) is 11.4 Å². The van der Waals surface area contributed by atoms with Gasteiger partial charge in [-0.1, -0.05) is 60.7 Å². The van der Waals surface area contributed by atoms with Gasteiger partial charge in [0, 0.05) is 36.7 Å². The molecule has 0 N–H and O–H groups in total. The van der Waals surface area contributed by atoms with Gasteiger partial charge >= 0.3 is 0 Å². The maximum absolute atomic E-state index is 5.79. The molecule has 2 atom stereocenters. The normalized spacial score (nSPS) is 23.1. The molecule has 0 aromatic heterocycles. The van der Waals surface area contributed by atoms with Crippen LogP contribution in [0.5, 0.6) is 5.75 Å². The summed E-state index contributed by atoms with van der Waals surface area (Å²) in [5.41, 5.74) is 5.22. The summed E-state index contributed by atoms with van der Waals surface area (Å²) in [6.07, 6.45) is 1.31. The average Bonchev–Trinajstić information content (AvgIpc) is 3.61. The third kappa shape index (κ3) is 3.64. The molecule has 154 valence electrons. The maximum atomic E-state index is 5.79. The minimum Gasteiger partial charge on any atom is -0.496 e. The minimum atomic E-state index is 0.730. The van der Waals surface area contributed by atoms with Crippen LogP contribution in [-0.4, -0.2) is 51.3 Å². The van der Waals surface area contributed by atoms with Gasteiger partial charge in [0.05, 0.1) is 27.2 Å². The lowest BCUT2D eigenvalue weighted by Crippen LogP contribution is -2.58. The molecular formula is C27H31N2O+. The van der Waals surface area contributed by atoms with Crippen molar-refractivity contribution in [1.82, 2.24) is 9.38 Å². The number of likely N-dealkylation sites (N-methyl/N-ethyl adjacent to an activating group) is 1. The van der Waals surface area contributed by atoms with Crippen molar-refractivity contribution in [2.24, 2.45) is 0 Å². The zero-order chi connectivity index (χ0) is 20.6. The Kier molecular flexibility index (Phi) is 5.10. The lowest BCUT2D eigenvalue weighted by Gasteiger charge is -2.42. The van der Waals surface area contributed by atoms with Gasteiger partial charge in [-0.25, -0.2) is 0 Å². The fraction of sp³-hybridized carbons (Fsp3) is 0.333. The van der Waals surface area contributed by atoms with Crippen LogP contribution >= 0.6 is 0 Å². The van der Waals surface area contributed by atoms with Gasteiger partial charge in [0.25, 0.3) is 0 Å². The SMILES string of the molecule is COc1cc([N+]2(C)CCN([C@@H]3C[C@H]3c3ccccc3)CC2)ccc1-c1ccccc1. The van der Waals surface area contributed by atoms with Crippen molar-refractivity contribution in [1.29, 1.82) is 0 Å². The number of quaternary nitrogens is 1. The first-order valence-electron chi connectivity index (χ1n) is 11.1. The van der Waals surface area contributed by atoms with E-state index in [-0.39, 0.29) is 0 Å². The molecule has 3 aromatic rings. The van der Waals surface area contributed by atoms with Crippen LogP contribution < -0.4 is 9.22 Å². The molecule has 30 heavy (non-hydrogen) atoms. The van der Waals surface area contributed by atoms with Gasteiger partial charge in [-0.2, -0.15) is 0 Å². The van der Waals surface area contributed by atoms with E-state index in [0.717, 1.165) is 53.9 Å². The molecule has 0 bridgehead atoms. The van der Waals surface area contributed by atoms with Crippen LogP contribution in [0.3, 0.4) is 0 Å². The number of hydrogen-bond acceptors (Lipinski definition) is 2. The first kappa shape index (κ1) is 19.3. The van der Waals surface area contributed by atoms with Gasteiger partial charge in [-0.05, 0) is 29.7 Å². The molecule has 5 rings (SSSR count). The van der Waals surface area contributed by atoms with Crippen molar-refractivity contribution in [3.8, 4) is 16.9 Å². The predicted octanol–water partition coefficient (Wildman–Crippen LogP) is 5.17. The van der Waals surface area contributed by atoms with Crippen LogP contribution in [-0.2, 0) is 0 Å². The second kappa shape index (κ2) is 7.90. The van der Waals surface area contributed by atoms with Crippen LogP contribution in [0.1, 0.15) is 17.9 Å². The van der Waals surface area contributed by atoms with Gasteiger partial charge in [0.2, 0.25) is 0 Å². The predicted molar refractivity (Wildman–Crippen MR) is 125 cm³/mol. The Morgan fingerprint density at radius 1 is 0.867 bits per heavy atom. The Morgan fingerprint density at radius 3 is 2.20 bits per heavy atom. The first-order chi connectivity index (χ1) is 14.7. The molecule has 0 spiro atoms. The van der Waals surface area contributed by atoms with Crippen molar-refractivity contribution in [2.75, 3.05) is 40.3 Å². The molecule has 3 aromatic carbocycles. The summed E-state index contributed by atoms with van der Waals surface area (Å²) >= 11 is 0. The van der Waals surface area contributed by atoms with E-state index in [4.69, 9.17) is 4.74 Å². The van der Waals surface area contributed by atoms with Crippen LogP contribution in [0.25, 0.3) is 11.1 Å². The number of nitrogens with zero attached hydrogens (tertiary/aromatic N) is 2. The molecule has 1 aliphatic heterocycles. The van der Waals surface area contributed by atoms with Crippen molar-refractivity contribution < 1.29 is 4.74 Å². The summed E-state index contributed by atoms with van der Waals surface area (Å²) in [4.78, 5) is 2.72. The van der Waals surface area contributed by atoms with Crippen molar-refractivity contribution in [3.05, 3.63) is 84.4 Å². The zero-order valence-electron chi connectivity index (χ0n) is 18.0. The molecule has 1 saturated carbocycles. The van der Waals surface area contributed by atoms with Crippen LogP contribution in [0.4, 0.5) is 5.69 Å². The van der Waals surface area contributed by atoms with E-state index in [1.54, 1.807) is 7.11 Å². The van der Waals surface area contributed by atoms with Gasteiger partial charge in [-0.3, -0.25) is 9.38 Å². The first-order valence-corrected chi connectivity index (χ1v) is 11.1. The van der Waals surface area contributed by atoms with Crippen molar-refractivity contribution >= 4 is 5.69 Å². The van der Waals surface area contributed by atoms with Crippen LogP contribution in [0.15, 0.2) is 78.9 Å². The summed E-state index contributed by atoms with van der Waals surface area (Å²) in [7, 11) is 4.15. The van der Waals surface area contributed by atoms with Crippen molar-refractivity contribution in [2.45, 2.75) is 18.4 Å². The molecule has 2 aliphatic rings. The van der Waals surface area contributed by atoms with Crippen molar-refractivity contribution in [3.63, 3.8) is 0 Å². The summed E-state index contributed by atoms with van der Waals surface area (Å²) in [6.45, 7) is 4.61. The van der Waals surface area contributed by atoms with E-state index in [0.29, 0.717) is 0 Å². The molecule has 1 heterocycles. The highest BCUT2D eigenvalue weighted by Gasteiger charge is 2.45. The molecule has 1 saturated heterocycles. The van der Waals surface area contributed by atoms with E-state index < -0.39 is 0 Å².